The minimum Gasteiger partial charge on any atom is -0.435 e. The van der Waals surface area contributed by atoms with Gasteiger partial charge in [-0.05, 0) is 74.2 Å². The molecule has 4 heterocycles. The highest BCUT2D eigenvalue weighted by atomic mass is 19.3. The lowest BCUT2D eigenvalue weighted by Gasteiger charge is -2.39. The molecule has 2 saturated heterocycles. The number of ether oxygens (including phenoxy) is 1. The molecular weight excluding hydrogens is 598 g/mol. The summed E-state index contributed by atoms with van der Waals surface area (Å²) in [5.74, 6) is 0.0345. The number of halogens is 2. The Hall–Kier alpha value is -4.62. The number of likely N-dealkylation sites (tertiary alicyclic amines) is 2. The van der Waals surface area contributed by atoms with Crippen molar-refractivity contribution >= 4 is 29.0 Å². The Labute approximate surface area is 264 Å². The van der Waals surface area contributed by atoms with Gasteiger partial charge in [-0.3, -0.25) is 14.0 Å². The number of hydrogen-bond acceptors (Lipinski definition) is 8. The molecule has 0 unspecified atom stereocenters. The third-order valence-electron chi connectivity index (χ3n) is 8.89. The van der Waals surface area contributed by atoms with E-state index in [1.165, 1.54) is 12.1 Å². The lowest BCUT2D eigenvalue weighted by atomic mass is 9.91. The van der Waals surface area contributed by atoms with Crippen LogP contribution in [0, 0.1) is 18.8 Å². The number of aryl methyl sites for hydroxylation is 1. The van der Waals surface area contributed by atoms with Crippen LogP contribution in [0.5, 0.6) is 5.75 Å². The second-order valence-corrected chi connectivity index (χ2v) is 11.8. The number of amides is 2. The molecule has 13 heteroatoms. The molecule has 11 nitrogen and oxygen atoms in total. The average Bonchev–Trinajstić information content (AvgIpc) is 3.50. The molecule has 46 heavy (non-hydrogen) atoms. The number of imidazole rings is 1. The van der Waals surface area contributed by atoms with Crippen LogP contribution in [0.4, 0.5) is 20.3 Å². The molecule has 4 aromatic rings. The summed E-state index contributed by atoms with van der Waals surface area (Å²) in [7, 11) is 0. The van der Waals surface area contributed by atoms with Crippen LogP contribution in [0.3, 0.4) is 0 Å². The average molecular weight is 635 g/mol. The van der Waals surface area contributed by atoms with Gasteiger partial charge in [0, 0.05) is 67.2 Å². The maximum Gasteiger partial charge on any atom is 0.387 e. The molecule has 0 spiro atoms. The number of aromatic nitrogens is 3. The van der Waals surface area contributed by atoms with Crippen LogP contribution in [-0.4, -0.2) is 91.7 Å². The summed E-state index contributed by atoms with van der Waals surface area (Å²) in [6.07, 6.45) is 6.09. The molecule has 0 bridgehead atoms. The van der Waals surface area contributed by atoms with Crippen LogP contribution in [0.2, 0.25) is 0 Å². The molecule has 2 atom stereocenters. The summed E-state index contributed by atoms with van der Waals surface area (Å²) in [5, 5.41) is 22.8. The SMILES string of the molecule is Cc1cc(Nc2nccn3c(-c4ccc(OC(F)F)cc4)cnc23)ccc1C(=O)N1CCC(C(=O)N2CC[C@H](O)[C@@H](CO)C2)CC1. The van der Waals surface area contributed by atoms with E-state index in [4.69, 9.17) is 0 Å². The summed E-state index contributed by atoms with van der Waals surface area (Å²) < 4.78 is 31.3. The first-order chi connectivity index (χ1) is 22.2. The van der Waals surface area contributed by atoms with Crippen molar-refractivity contribution in [3.63, 3.8) is 0 Å². The summed E-state index contributed by atoms with van der Waals surface area (Å²) in [6, 6.07) is 11.8. The molecule has 2 aliphatic rings. The van der Waals surface area contributed by atoms with Gasteiger partial charge in [-0.25, -0.2) is 9.97 Å². The van der Waals surface area contributed by atoms with Crippen molar-refractivity contribution in [2.45, 2.75) is 38.9 Å². The Bertz CT molecular complexity index is 1710. The second-order valence-electron chi connectivity index (χ2n) is 11.8. The van der Waals surface area contributed by atoms with Crippen molar-refractivity contribution in [1.29, 1.82) is 0 Å². The van der Waals surface area contributed by atoms with Crippen molar-refractivity contribution in [3.05, 3.63) is 72.2 Å². The van der Waals surface area contributed by atoms with Crippen LogP contribution in [0.1, 0.15) is 35.2 Å². The number of carbonyl (C=O) groups excluding carboxylic acids is 2. The Balaban J connectivity index is 1.09. The number of carbonyl (C=O) groups is 2. The maximum atomic E-state index is 13.5. The number of rotatable bonds is 8. The van der Waals surface area contributed by atoms with Gasteiger partial charge < -0.3 is 30.1 Å². The fourth-order valence-corrected chi connectivity index (χ4v) is 6.30. The smallest absolute Gasteiger partial charge is 0.387 e. The summed E-state index contributed by atoms with van der Waals surface area (Å²) in [4.78, 5) is 39.1. The Kier molecular flexibility index (Phi) is 9.13. The number of aliphatic hydroxyl groups is 2. The molecule has 2 aliphatic heterocycles. The van der Waals surface area contributed by atoms with Crippen molar-refractivity contribution in [3.8, 4) is 17.0 Å². The highest BCUT2D eigenvalue weighted by Crippen LogP contribution is 2.29. The topological polar surface area (TPSA) is 133 Å². The zero-order chi connectivity index (χ0) is 32.4. The second kappa shape index (κ2) is 13.4. The van der Waals surface area contributed by atoms with Gasteiger partial charge in [0.15, 0.2) is 11.5 Å². The first-order valence-electron chi connectivity index (χ1n) is 15.3. The van der Waals surface area contributed by atoms with Gasteiger partial charge in [0.1, 0.15) is 5.75 Å². The highest BCUT2D eigenvalue weighted by molar-refractivity contribution is 5.96. The molecule has 0 aliphatic carbocycles. The Morgan fingerprint density at radius 2 is 1.78 bits per heavy atom. The van der Waals surface area contributed by atoms with E-state index in [9.17, 15) is 28.6 Å². The molecule has 242 valence electrons. The van der Waals surface area contributed by atoms with Crippen molar-refractivity contribution in [1.82, 2.24) is 24.2 Å². The van der Waals surface area contributed by atoms with Gasteiger partial charge in [0.2, 0.25) is 5.91 Å². The van der Waals surface area contributed by atoms with E-state index in [1.807, 2.05) is 23.5 Å². The van der Waals surface area contributed by atoms with Crippen LogP contribution in [0.15, 0.2) is 61.1 Å². The number of nitrogens with one attached hydrogen (secondary N) is 1. The van der Waals surface area contributed by atoms with E-state index in [2.05, 4.69) is 20.0 Å². The molecule has 0 saturated carbocycles. The Morgan fingerprint density at radius 1 is 1.04 bits per heavy atom. The van der Waals surface area contributed by atoms with Crippen LogP contribution >= 0.6 is 0 Å². The van der Waals surface area contributed by atoms with Crippen LogP contribution in [-0.2, 0) is 4.79 Å². The van der Waals surface area contributed by atoms with Crippen molar-refractivity contribution < 1.29 is 33.3 Å². The van der Waals surface area contributed by atoms with E-state index >= 15 is 0 Å². The van der Waals surface area contributed by atoms with Gasteiger partial charge in [0.25, 0.3) is 5.91 Å². The summed E-state index contributed by atoms with van der Waals surface area (Å²) in [6.45, 7) is 0.626. The van der Waals surface area contributed by atoms with Crippen LogP contribution < -0.4 is 10.1 Å². The molecule has 2 aromatic carbocycles. The maximum absolute atomic E-state index is 13.5. The van der Waals surface area contributed by atoms with Gasteiger partial charge in [-0.1, -0.05) is 0 Å². The largest absolute Gasteiger partial charge is 0.435 e. The normalized spacial score (nSPS) is 19.1. The zero-order valence-corrected chi connectivity index (χ0v) is 25.4. The van der Waals surface area contributed by atoms with Crippen molar-refractivity contribution in [2.75, 3.05) is 38.1 Å². The van der Waals surface area contributed by atoms with E-state index in [1.54, 1.807) is 46.6 Å². The third kappa shape index (κ3) is 6.51. The number of piperidine rings is 2. The van der Waals surface area contributed by atoms with Gasteiger partial charge >= 0.3 is 6.61 Å². The summed E-state index contributed by atoms with van der Waals surface area (Å²) >= 11 is 0. The highest BCUT2D eigenvalue weighted by Gasteiger charge is 2.35. The van der Waals surface area contributed by atoms with Gasteiger partial charge in [-0.2, -0.15) is 8.78 Å². The van der Waals surface area contributed by atoms with E-state index in [-0.39, 0.29) is 36.0 Å². The van der Waals surface area contributed by atoms with E-state index in [0.717, 1.165) is 22.5 Å². The predicted molar refractivity (Wildman–Crippen MR) is 166 cm³/mol. The molecule has 2 fully saturated rings. The summed E-state index contributed by atoms with van der Waals surface area (Å²) in [5.41, 5.74) is 4.17. The third-order valence-corrected chi connectivity index (χ3v) is 8.89. The number of nitrogens with zero attached hydrogens (tertiary/aromatic N) is 5. The number of alkyl halides is 2. The zero-order valence-electron chi connectivity index (χ0n) is 25.4. The lowest BCUT2D eigenvalue weighted by Crippen LogP contribution is -2.51. The van der Waals surface area contributed by atoms with E-state index in [0.29, 0.717) is 62.5 Å². The van der Waals surface area contributed by atoms with Gasteiger partial charge in [0.05, 0.1) is 24.6 Å². The Morgan fingerprint density at radius 3 is 2.48 bits per heavy atom. The number of aliphatic hydroxyl groups excluding tert-OH is 2. The van der Waals surface area contributed by atoms with Gasteiger partial charge in [-0.15, -0.1) is 0 Å². The molecule has 6 rings (SSSR count). The minimum atomic E-state index is -2.89. The number of benzene rings is 2. The molecule has 2 aromatic heterocycles. The fourth-order valence-electron chi connectivity index (χ4n) is 6.30. The lowest BCUT2D eigenvalue weighted by molar-refractivity contribution is -0.141. The van der Waals surface area contributed by atoms with Crippen LogP contribution in [0.25, 0.3) is 16.9 Å². The molecular formula is C33H36F2N6O5. The molecule has 2 amide bonds. The molecule has 0 radical (unpaired) electrons. The first-order valence-corrected chi connectivity index (χ1v) is 15.3. The standard InChI is InChI=1S/C33H36F2N6O5/c1-20-16-24(38-29-30-37-17-27(41(30)15-11-36-29)21-2-5-25(6-3-21)46-33(34)35)4-7-26(20)32(45)39-12-8-22(9-13-39)31(44)40-14-10-28(43)23(18-40)19-42/h2-7,11,15-17,22-23,28,33,42-43H,8-10,12-14,18-19H2,1H3,(H,36,38)/t23-,28+/m1/s1. The number of hydrogen-bond donors (Lipinski definition) is 3. The quantitative estimate of drug-likeness (QED) is 0.264. The van der Waals surface area contributed by atoms with E-state index < -0.39 is 12.7 Å². The number of anilines is 2. The molecule has 3 N–H and O–H groups in total. The number of fused-ring (bicyclic) bond motifs is 1. The van der Waals surface area contributed by atoms with Crippen molar-refractivity contribution in [2.24, 2.45) is 11.8 Å². The minimum absolute atomic E-state index is 0.0367. The predicted octanol–water partition coefficient (Wildman–Crippen LogP) is 4.10. The first kappa shape index (κ1) is 31.4. The fraction of sp³-hybridized carbons (Fsp3) is 0.394. The monoisotopic (exact) mass is 634 g/mol.